The van der Waals surface area contributed by atoms with Gasteiger partial charge < -0.3 is 10.0 Å². The second kappa shape index (κ2) is 8.09. The van der Waals surface area contributed by atoms with Crippen molar-refractivity contribution in [1.82, 2.24) is 14.9 Å². The first-order chi connectivity index (χ1) is 13.2. The summed E-state index contributed by atoms with van der Waals surface area (Å²) in [6.45, 7) is 7.45. The van der Waals surface area contributed by atoms with E-state index >= 15 is 0 Å². The number of hydrogen-bond acceptors (Lipinski definition) is 4. The van der Waals surface area contributed by atoms with Crippen LogP contribution in [0.15, 0.2) is 36.7 Å². The summed E-state index contributed by atoms with van der Waals surface area (Å²) in [7, 11) is 0. The van der Waals surface area contributed by atoms with Crippen LogP contribution in [0.25, 0.3) is 11.3 Å². The summed E-state index contributed by atoms with van der Waals surface area (Å²) in [5, 5.41) is 9.19. The number of carbonyl (C=O) groups is 2. The zero-order valence-corrected chi connectivity index (χ0v) is 16.7. The molecule has 1 amide bonds. The zero-order chi connectivity index (χ0) is 20.3. The van der Waals surface area contributed by atoms with Crippen molar-refractivity contribution >= 4 is 11.9 Å². The lowest BCUT2D eigenvalue weighted by Crippen LogP contribution is -2.45. The van der Waals surface area contributed by atoms with Gasteiger partial charge in [-0.3, -0.25) is 4.79 Å². The molecule has 1 unspecified atom stereocenters. The highest BCUT2D eigenvalue weighted by Gasteiger charge is 2.31. The lowest BCUT2D eigenvalue weighted by Gasteiger charge is -2.36. The highest BCUT2D eigenvalue weighted by Crippen LogP contribution is 2.26. The average Bonchev–Trinajstić information content (AvgIpc) is 2.67. The molecule has 0 radical (unpaired) electrons. The largest absolute Gasteiger partial charge is 0.478 e. The van der Waals surface area contributed by atoms with Crippen LogP contribution in [0.4, 0.5) is 0 Å². The van der Waals surface area contributed by atoms with E-state index in [4.69, 9.17) is 0 Å². The number of piperidine rings is 1. The summed E-state index contributed by atoms with van der Waals surface area (Å²) in [5.74, 6) is -0.388. The lowest BCUT2D eigenvalue weighted by atomic mass is 9.89. The van der Waals surface area contributed by atoms with Gasteiger partial charge in [0.15, 0.2) is 0 Å². The van der Waals surface area contributed by atoms with Crippen molar-refractivity contribution in [1.29, 1.82) is 0 Å². The van der Waals surface area contributed by atoms with Crippen molar-refractivity contribution in [3.63, 3.8) is 0 Å². The van der Waals surface area contributed by atoms with Crippen molar-refractivity contribution in [2.45, 2.75) is 40.0 Å². The maximum atomic E-state index is 12.6. The molecule has 148 valence electrons. The molecule has 1 atom stereocenters. The van der Waals surface area contributed by atoms with Crippen LogP contribution in [0.2, 0.25) is 0 Å². The molecule has 3 rings (SSSR count). The van der Waals surface area contributed by atoms with Crippen LogP contribution in [0.1, 0.15) is 49.7 Å². The molecule has 2 heterocycles. The Morgan fingerprint density at radius 3 is 2.71 bits per heavy atom. The van der Waals surface area contributed by atoms with Crippen LogP contribution in [0, 0.1) is 11.3 Å². The van der Waals surface area contributed by atoms with Crippen LogP contribution in [0.5, 0.6) is 0 Å². The van der Waals surface area contributed by atoms with Gasteiger partial charge in [-0.25, -0.2) is 14.8 Å². The molecule has 1 saturated heterocycles. The number of aromatic carboxylic acids is 1. The van der Waals surface area contributed by atoms with E-state index in [0.717, 1.165) is 43.6 Å². The minimum Gasteiger partial charge on any atom is -0.478 e. The van der Waals surface area contributed by atoms with E-state index < -0.39 is 5.97 Å². The molecule has 0 bridgehead atoms. The smallest absolute Gasteiger partial charge is 0.335 e. The molecular formula is C22H27N3O3. The van der Waals surface area contributed by atoms with Crippen molar-refractivity contribution in [2.75, 3.05) is 13.1 Å². The quantitative estimate of drug-likeness (QED) is 0.874. The van der Waals surface area contributed by atoms with E-state index in [2.05, 4.69) is 9.97 Å². The summed E-state index contributed by atoms with van der Waals surface area (Å²) >= 11 is 0. The molecule has 1 N–H and O–H groups in total. The van der Waals surface area contributed by atoms with Crippen LogP contribution in [-0.4, -0.2) is 44.9 Å². The molecule has 1 aliphatic rings. The average molecular weight is 381 g/mol. The Hall–Kier alpha value is -2.76. The fourth-order valence-electron chi connectivity index (χ4n) is 3.66. The van der Waals surface area contributed by atoms with Gasteiger partial charge in [0.05, 0.1) is 11.3 Å². The summed E-state index contributed by atoms with van der Waals surface area (Å²) in [4.78, 5) is 34.5. The molecule has 0 aliphatic carbocycles. The molecule has 1 aliphatic heterocycles. The van der Waals surface area contributed by atoms with Gasteiger partial charge in [-0.05, 0) is 43.4 Å². The Morgan fingerprint density at radius 1 is 1.21 bits per heavy atom. The predicted octanol–water partition coefficient (Wildman–Crippen LogP) is 3.67. The molecule has 6 heteroatoms. The van der Waals surface area contributed by atoms with Gasteiger partial charge in [0.1, 0.15) is 6.33 Å². The van der Waals surface area contributed by atoms with Gasteiger partial charge >= 0.3 is 5.97 Å². The Balaban J connectivity index is 1.73. The lowest BCUT2D eigenvalue weighted by molar-refractivity contribution is -0.141. The van der Waals surface area contributed by atoms with Crippen LogP contribution in [-0.2, 0) is 11.2 Å². The number of hydrogen-bond donors (Lipinski definition) is 1. The SMILES string of the molecule is CC(C)(C)C(=O)N1CCCC(Cc2cc(-c3cccc(C(=O)O)c3)ncn2)C1. The van der Waals surface area contributed by atoms with Crippen molar-refractivity contribution in [2.24, 2.45) is 11.3 Å². The van der Waals surface area contributed by atoms with Gasteiger partial charge in [-0.15, -0.1) is 0 Å². The Morgan fingerprint density at radius 2 is 2.00 bits per heavy atom. The fraction of sp³-hybridized carbons (Fsp3) is 0.455. The van der Waals surface area contributed by atoms with E-state index in [1.165, 1.54) is 6.33 Å². The normalized spacial score (nSPS) is 17.4. The molecule has 0 spiro atoms. The van der Waals surface area contributed by atoms with Crippen LogP contribution < -0.4 is 0 Å². The maximum absolute atomic E-state index is 12.6. The van der Waals surface area contributed by atoms with E-state index in [1.54, 1.807) is 18.2 Å². The third-order valence-electron chi connectivity index (χ3n) is 5.07. The van der Waals surface area contributed by atoms with E-state index in [-0.39, 0.29) is 16.9 Å². The Bertz CT molecular complexity index is 873. The number of carboxylic acids is 1. The highest BCUT2D eigenvalue weighted by atomic mass is 16.4. The number of aromatic nitrogens is 2. The van der Waals surface area contributed by atoms with Gasteiger partial charge in [0.2, 0.25) is 5.91 Å². The summed E-state index contributed by atoms with van der Waals surface area (Å²) in [5.41, 5.74) is 2.27. The number of nitrogens with zero attached hydrogens (tertiary/aromatic N) is 3. The third kappa shape index (κ3) is 4.74. The summed E-state index contributed by atoms with van der Waals surface area (Å²) < 4.78 is 0. The third-order valence-corrected chi connectivity index (χ3v) is 5.07. The van der Waals surface area contributed by atoms with E-state index in [1.807, 2.05) is 37.8 Å². The van der Waals surface area contributed by atoms with E-state index in [9.17, 15) is 14.7 Å². The van der Waals surface area contributed by atoms with Crippen molar-refractivity contribution in [3.05, 3.63) is 47.9 Å². The van der Waals surface area contributed by atoms with Crippen molar-refractivity contribution < 1.29 is 14.7 Å². The van der Waals surface area contributed by atoms with Gasteiger partial charge in [-0.1, -0.05) is 32.9 Å². The molecule has 1 aromatic carbocycles. The second-order valence-electron chi connectivity index (χ2n) is 8.49. The Labute approximate surface area is 165 Å². The van der Waals surface area contributed by atoms with E-state index in [0.29, 0.717) is 11.6 Å². The number of benzene rings is 1. The standard InChI is InChI=1S/C22H27N3O3/c1-22(2,3)21(28)25-9-5-6-15(13-25)10-18-12-19(24-14-23-18)16-7-4-8-17(11-16)20(26)27/h4,7-8,11-12,14-15H,5-6,9-10,13H2,1-3H3,(H,26,27). The van der Waals surface area contributed by atoms with Crippen LogP contribution >= 0.6 is 0 Å². The second-order valence-corrected chi connectivity index (χ2v) is 8.49. The molecule has 1 aromatic heterocycles. The molecule has 1 fully saturated rings. The minimum absolute atomic E-state index is 0.200. The summed E-state index contributed by atoms with van der Waals surface area (Å²) in [6, 6.07) is 8.68. The van der Waals surface area contributed by atoms with Gasteiger partial charge in [-0.2, -0.15) is 0 Å². The number of carbonyl (C=O) groups excluding carboxylic acids is 1. The van der Waals surface area contributed by atoms with Gasteiger partial charge in [0, 0.05) is 29.8 Å². The first-order valence-corrected chi connectivity index (χ1v) is 9.68. The molecule has 28 heavy (non-hydrogen) atoms. The number of amides is 1. The first-order valence-electron chi connectivity index (χ1n) is 9.68. The monoisotopic (exact) mass is 381 g/mol. The molecule has 2 aromatic rings. The number of likely N-dealkylation sites (tertiary alicyclic amines) is 1. The minimum atomic E-state index is -0.957. The fourth-order valence-corrected chi connectivity index (χ4v) is 3.66. The number of carboxylic acid groups (broad SMARTS) is 1. The van der Waals surface area contributed by atoms with Gasteiger partial charge in [0.25, 0.3) is 0 Å². The molecular weight excluding hydrogens is 354 g/mol. The molecule has 6 nitrogen and oxygen atoms in total. The van der Waals surface area contributed by atoms with Crippen molar-refractivity contribution in [3.8, 4) is 11.3 Å². The number of rotatable bonds is 4. The van der Waals surface area contributed by atoms with Crippen LogP contribution in [0.3, 0.4) is 0 Å². The summed E-state index contributed by atoms with van der Waals surface area (Å²) in [6.07, 6.45) is 4.38. The predicted molar refractivity (Wildman–Crippen MR) is 107 cm³/mol. The Kier molecular flexibility index (Phi) is 5.77. The maximum Gasteiger partial charge on any atom is 0.335 e. The highest BCUT2D eigenvalue weighted by molar-refractivity contribution is 5.89. The first kappa shape index (κ1) is 20.0. The zero-order valence-electron chi connectivity index (χ0n) is 16.7. The topological polar surface area (TPSA) is 83.4 Å². The molecule has 0 saturated carbocycles.